The zero-order valence-corrected chi connectivity index (χ0v) is 12.6. The topological polar surface area (TPSA) is 58.6 Å². The smallest absolute Gasteiger partial charge is 0.245 e. The molecule has 0 aromatic heterocycles. The minimum absolute atomic E-state index is 0.0261. The van der Waals surface area contributed by atoms with Crippen molar-refractivity contribution in [3.05, 3.63) is 0 Å². The second-order valence-electron chi connectivity index (χ2n) is 5.93. The van der Waals surface area contributed by atoms with Crippen molar-refractivity contribution < 1.29 is 14.3 Å². The number of rotatable bonds is 5. The van der Waals surface area contributed by atoms with Crippen LogP contribution in [0.2, 0.25) is 0 Å². The van der Waals surface area contributed by atoms with Crippen LogP contribution in [0.5, 0.6) is 0 Å². The van der Waals surface area contributed by atoms with Crippen molar-refractivity contribution in [2.45, 2.75) is 58.1 Å². The first-order chi connectivity index (χ1) is 9.61. The molecule has 1 aliphatic carbocycles. The minimum atomic E-state index is -0.314. The Kier molecular flexibility index (Phi) is 5.40. The summed E-state index contributed by atoms with van der Waals surface area (Å²) in [5.74, 6) is 0.345. The first kappa shape index (κ1) is 15.3. The highest BCUT2D eigenvalue weighted by Crippen LogP contribution is 2.28. The molecule has 2 unspecified atom stereocenters. The summed E-state index contributed by atoms with van der Waals surface area (Å²) in [4.78, 5) is 26.1. The molecule has 2 amide bonds. The lowest BCUT2D eigenvalue weighted by Crippen LogP contribution is -2.61. The number of carbonyl (C=O) groups is 2. The molecule has 0 aromatic carbocycles. The van der Waals surface area contributed by atoms with Gasteiger partial charge < -0.3 is 15.0 Å². The van der Waals surface area contributed by atoms with Crippen molar-refractivity contribution in [2.24, 2.45) is 5.92 Å². The Morgan fingerprint density at radius 3 is 2.65 bits per heavy atom. The summed E-state index contributed by atoms with van der Waals surface area (Å²) in [6.45, 7) is 5.18. The van der Waals surface area contributed by atoms with Crippen molar-refractivity contribution in [1.82, 2.24) is 10.2 Å². The van der Waals surface area contributed by atoms with Gasteiger partial charge in [0.15, 0.2) is 0 Å². The van der Waals surface area contributed by atoms with Gasteiger partial charge in [-0.3, -0.25) is 9.59 Å². The number of ether oxygens (including phenoxy) is 1. The van der Waals surface area contributed by atoms with Crippen molar-refractivity contribution in [1.29, 1.82) is 0 Å². The molecular formula is C15H26N2O3. The molecule has 2 aliphatic rings. The van der Waals surface area contributed by atoms with Crippen molar-refractivity contribution in [2.75, 3.05) is 19.7 Å². The molecule has 5 heteroatoms. The van der Waals surface area contributed by atoms with E-state index in [9.17, 15) is 9.59 Å². The van der Waals surface area contributed by atoms with Crippen LogP contribution in [-0.2, 0) is 14.3 Å². The second kappa shape index (κ2) is 7.07. The molecular weight excluding hydrogens is 256 g/mol. The Bertz CT molecular complexity index is 353. The highest BCUT2D eigenvalue weighted by atomic mass is 16.5. The molecule has 1 N–H and O–H groups in total. The molecule has 1 aliphatic heterocycles. The van der Waals surface area contributed by atoms with Crippen LogP contribution in [0.4, 0.5) is 0 Å². The van der Waals surface area contributed by atoms with E-state index in [4.69, 9.17) is 4.74 Å². The summed E-state index contributed by atoms with van der Waals surface area (Å²) in [7, 11) is 0. The predicted molar refractivity (Wildman–Crippen MR) is 76.2 cm³/mol. The Labute approximate surface area is 121 Å². The van der Waals surface area contributed by atoms with E-state index in [1.54, 1.807) is 4.90 Å². The van der Waals surface area contributed by atoms with Gasteiger partial charge in [-0.15, -0.1) is 0 Å². The third-order valence-corrected chi connectivity index (χ3v) is 4.28. The Morgan fingerprint density at radius 2 is 2.00 bits per heavy atom. The number of hydrogen-bond donors (Lipinski definition) is 1. The Morgan fingerprint density at radius 1 is 1.30 bits per heavy atom. The number of amides is 2. The molecule has 5 nitrogen and oxygen atoms in total. The number of hydrogen-bond acceptors (Lipinski definition) is 3. The highest BCUT2D eigenvalue weighted by Gasteiger charge is 2.38. The van der Waals surface area contributed by atoms with Crippen LogP contribution >= 0.6 is 0 Å². The van der Waals surface area contributed by atoms with E-state index in [0.29, 0.717) is 19.1 Å². The van der Waals surface area contributed by atoms with Gasteiger partial charge in [0.2, 0.25) is 11.8 Å². The summed E-state index contributed by atoms with van der Waals surface area (Å²) in [6, 6.07) is -0.314. The molecule has 0 aromatic rings. The molecule has 20 heavy (non-hydrogen) atoms. The van der Waals surface area contributed by atoms with Gasteiger partial charge in [0, 0.05) is 13.2 Å². The van der Waals surface area contributed by atoms with E-state index in [1.165, 1.54) is 19.3 Å². The standard InChI is InChI=1S/C15H26N2O3/c1-3-20-11(2)9-17-10-13(18)16-14(15(17)19)12-7-5-4-6-8-12/h11-12,14H,3-10H2,1-2H3,(H,16,18). The van der Waals surface area contributed by atoms with Gasteiger partial charge in [0.05, 0.1) is 12.6 Å². The fraction of sp³-hybridized carbons (Fsp3) is 0.867. The van der Waals surface area contributed by atoms with Gasteiger partial charge >= 0.3 is 0 Å². The van der Waals surface area contributed by atoms with Crippen molar-refractivity contribution in [3.8, 4) is 0 Å². The predicted octanol–water partition coefficient (Wildman–Crippen LogP) is 1.32. The van der Waals surface area contributed by atoms with Gasteiger partial charge in [0.1, 0.15) is 6.04 Å². The molecule has 2 rings (SSSR count). The molecule has 1 heterocycles. The first-order valence-electron chi connectivity index (χ1n) is 7.81. The minimum Gasteiger partial charge on any atom is -0.377 e. The van der Waals surface area contributed by atoms with E-state index in [2.05, 4.69) is 5.32 Å². The van der Waals surface area contributed by atoms with E-state index in [1.807, 2.05) is 13.8 Å². The SMILES string of the molecule is CCOC(C)CN1CC(=O)NC(C2CCCCC2)C1=O. The average molecular weight is 282 g/mol. The van der Waals surface area contributed by atoms with Crippen LogP contribution in [0.15, 0.2) is 0 Å². The molecule has 0 bridgehead atoms. The van der Waals surface area contributed by atoms with Gasteiger partial charge in [-0.1, -0.05) is 19.3 Å². The van der Waals surface area contributed by atoms with E-state index in [-0.39, 0.29) is 30.5 Å². The van der Waals surface area contributed by atoms with E-state index in [0.717, 1.165) is 12.8 Å². The molecule has 0 spiro atoms. The molecule has 114 valence electrons. The summed E-state index contributed by atoms with van der Waals surface area (Å²) in [6.07, 6.45) is 5.65. The zero-order valence-electron chi connectivity index (χ0n) is 12.6. The second-order valence-corrected chi connectivity index (χ2v) is 5.93. The number of nitrogens with zero attached hydrogens (tertiary/aromatic N) is 1. The van der Waals surface area contributed by atoms with Gasteiger partial charge in [-0.05, 0) is 32.6 Å². The zero-order chi connectivity index (χ0) is 14.5. The summed E-state index contributed by atoms with van der Waals surface area (Å²) >= 11 is 0. The Hall–Kier alpha value is -1.10. The summed E-state index contributed by atoms with van der Waals surface area (Å²) in [5.41, 5.74) is 0. The molecule has 0 radical (unpaired) electrons. The quantitative estimate of drug-likeness (QED) is 0.827. The van der Waals surface area contributed by atoms with Gasteiger partial charge in [0.25, 0.3) is 0 Å². The lowest BCUT2D eigenvalue weighted by Gasteiger charge is -2.38. The molecule has 1 saturated heterocycles. The van der Waals surface area contributed by atoms with Gasteiger partial charge in [-0.25, -0.2) is 0 Å². The van der Waals surface area contributed by atoms with Gasteiger partial charge in [-0.2, -0.15) is 0 Å². The Balaban J connectivity index is 1.99. The third kappa shape index (κ3) is 3.72. The largest absolute Gasteiger partial charge is 0.377 e. The first-order valence-corrected chi connectivity index (χ1v) is 7.81. The van der Waals surface area contributed by atoms with Crippen LogP contribution < -0.4 is 5.32 Å². The van der Waals surface area contributed by atoms with Crippen LogP contribution in [0.1, 0.15) is 46.0 Å². The summed E-state index contributed by atoms with van der Waals surface area (Å²) < 4.78 is 5.48. The van der Waals surface area contributed by atoms with Crippen molar-refractivity contribution in [3.63, 3.8) is 0 Å². The fourth-order valence-electron chi connectivity index (χ4n) is 3.32. The highest BCUT2D eigenvalue weighted by molar-refractivity contribution is 5.95. The molecule has 2 atom stereocenters. The maximum atomic E-state index is 12.6. The average Bonchev–Trinajstić information content (AvgIpc) is 2.43. The number of piperazine rings is 1. The maximum absolute atomic E-state index is 12.6. The van der Waals surface area contributed by atoms with Crippen LogP contribution in [0.25, 0.3) is 0 Å². The maximum Gasteiger partial charge on any atom is 0.245 e. The van der Waals surface area contributed by atoms with Crippen LogP contribution in [0, 0.1) is 5.92 Å². The van der Waals surface area contributed by atoms with Crippen molar-refractivity contribution >= 4 is 11.8 Å². The third-order valence-electron chi connectivity index (χ3n) is 4.28. The van der Waals surface area contributed by atoms with Crippen LogP contribution in [-0.4, -0.2) is 48.6 Å². The lowest BCUT2D eigenvalue weighted by molar-refractivity contribution is -0.148. The summed E-state index contributed by atoms with van der Waals surface area (Å²) in [5, 5.41) is 2.90. The van der Waals surface area contributed by atoms with E-state index >= 15 is 0 Å². The molecule has 1 saturated carbocycles. The lowest BCUT2D eigenvalue weighted by atomic mass is 9.82. The number of nitrogens with one attached hydrogen (secondary N) is 1. The fourth-order valence-corrected chi connectivity index (χ4v) is 3.32. The monoisotopic (exact) mass is 282 g/mol. The normalized spacial score (nSPS) is 26.5. The molecule has 2 fully saturated rings. The number of carbonyl (C=O) groups excluding carboxylic acids is 2. The van der Waals surface area contributed by atoms with Crippen LogP contribution in [0.3, 0.4) is 0 Å². The van der Waals surface area contributed by atoms with E-state index < -0.39 is 0 Å².